The highest BCUT2D eigenvalue weighted by atomic mass is 15.3. The Morgan fingerprint density at radius 3 is 2.81 bits per heavy atom. The third-order valence-electron chi connectivity index (χ3n) is 6.10. The molecule has 1 saturated heterocycles. The van der Waals surface area contributed by atoms with Crippen LogP contribution in [0.3, 0.4) is 0 Å². The Kier molecular flexibility index (Phi) is 3.83. The molecule has 6 nitrogen and oxygen atoms in total. The van der Waals surface area contributed by atoms with Gasteiger partial charge in [0.2, 0.25) is 5.95 Å². The van der Waals surface area contributed by atoms with E-state index in [4.69, 9.17) is 16.0 Å². The van der Waals surface area contributed by atoms with Gasteiger partial charge in [-0.2, -0.15) is 5.26 Å². The molecule has 2 fully saturated rings. The molecule has 1 saturated carbocycles. The maximum atomic E-state index is 8.99. The van der Waals surface area contributed by atoms with E-state index in [-0.39, 0.29) is 0 Å². The molecule has 3 atom stereocenters. The van der Waals surface area contributed by atoms with Crippen LogP contribution in [0, 0.1) is 23.2 Å². The zero-order valence-electron chi connectivity index (χ0n) is 15.1. The number of aromatic nitrogens is 3. The summed E-state index contributed by atoms with van der Waals surface area (Å²) in [6, 6.07) is 14.4. The van der Waals surface area contributed by atoms with Crippen LogP contribution in [-0.2, 0) is 6.54 Å². The number of para-hydroxylation sites is 2. The number of rotatable bonds is 3. The molecule has 6 heteroatoms. The quantitative estimate of drug-likeness (QED) is 0.778. The van der Waals surface area contributed by atoms with E-state index in [0.717, 1.165) is 42.2 Å². The second-order valence-electron chi connectivity index (χ2n) is 7.71. The molecule has 27 heavy (non-hydrogen) atoms. The summed E-state index contributed by atoms with van der Waals surface area (Å²) in [6.45, 7) is 2.65. The first kappa shape index (κ1) is 16.3. The summed E-state index contributed by atoms with van der Waals surface area (Å²) in [5.74, 6) is 2.26. The van der Waals surface area contributed by atoms with Crippen molar-refractivity contribution in [3.05, 3.63) is 53.9 Å². The highest BCUT2D eigenvalue weighted by Gasteiger charge is 2.42. The molecule has 2 N–H and O–H groups in total. The summed E-state index contributed by atoms with van der Waals surface area (Å²) in [5.41, 5.74) is 9.95. The number of pyridine rings is 1. The van der Waals surface area contributed by atoms with E-state index in [0.29, 0.717) is 30.0 Å². The van der Waals surface area contributed by atoms with Gasteiger partial charge in [0.1, 0.15) is 6.07 Å². The van der Waals surface area contributed by atoms with E-state index < -0.39 is 0 Å². The van der Waals surface area contributed by atoms with E-state index in [1.807, 2.05) is 24.3 Å². The van der Waals surface area contributed by atoms with Crippen molar-refractivity contribution in [1.82, 2.24) is 14.5 Å². The minimum Gasteiger partial charge on any atom is -0.342 e. The molecule has 1 aliphatic heterocycles. The van der Waals surface area contributed by atoms with E-state index in [9.17, 15) is 0 Å². The molecular formula is C21H22N6. The maximum absolute atomic E-state index is 8.99. The lowest BCUT2D eigenvalue weighted by Gasteiger charge is -2.21. The van der Waals surface area contributed by atoms with Crippen LogP contribution >= 0.6 is 0 Å². The minimum atomic E-state index is 0.318. The van der Waals surface area contributed by atoms with Crippen molar-refractivity contribution in [1.29, 1.82) is 5.26 Å². The first-order valence-electron chi connectivity index (χ1n) is 9.54. The second kappa shape index (κ2) is 6.36. The second-order valence-corrected chi connectivity index (χ2v) is 7.71. The highest BCUT2D eigenvalue weighted by molar-refractivity contribution is 5.79. The summed E-state index contributed by atoms with van der Waals surface area (Å²) < 4.78 is 2.25. The number of fused-ring (bicyclic) bond motifs is 2. The standard InChI is InChI=1S/C21H22N6/c22-9-14-5-7-16(24-10-14)12-27-20-4-2-1-3-19(20)25-21(27)26-11-15-6-8-18(23)17(15)13-26/h1-5,7,10,15,17-18H,6,8,11-13,23H2/t15-,17+,18+/m1/s1. The number of nitrogens with two attached hydrogens (primary N) is 1. The van der Waals surface area contributed by atoms with Crippen molar-refractivity contribution < 1.29 is 0 Å². The summed E-state index contributed by atoms with van der Waals surface area (Å²) in [5, 5.41) is 8.99. The van der Waals surface area contributed by atoms with Crippen LogP contribution in [0.2, 0.25) is 0 Å². The molecule has 136 valence electrons. The van der Waals surface area contributed by atoms with Crippen LogP contribution in [0.25, 0.3) is 11.0 Å². The first-order valence-corrected chi connectivity index (χ1v) is 9.54. The number of nitriles is 1. The van der Waals surface area contributed by atoms with Crippen molar-refractivity contribution in [3.8, 4) is 6.07 Å². The largest absolute Gasteiger partial charge is 0.342 e. The van der Waals surface area contributed by atoms with Gasteiger partial charge in [-0.15, -0.1) is 0 Å². The number of nitrogens with zero attached hydrogens (tertiary/aromatic N) is 5. The molecule has 0 unspecified atom stereocenters. The Bertz CT molecular complexity index is 1020. The monoisotopic (exact) mass is 358 g/mol. The van der Waals surface area contributed by atoms with Gasteiger partial charge in [-0.1, -0.05) is 12.1 Å². The molecule has 3 aromatic rings. The van der Waals surface area contributed by atoms with Crippen molar-refractivity contribution in [2.24, 2.45) is 17.6 Å². The fourth-order valence-corrected chi connectivity index (χ4v) is 4.68. The minimum absolute atomic E-state index is 0.318. The van der Waals surface area contributed by atoms with Gasteiger partial charge in [-0.05, 0) is 48.9 Å². The zero-order chi connectivity index (χ0) is 18.4. The number of anilines is 1. The van der Waals surface area contributed by atoms with Crippen molar-refractivity contribution in [3.63, 3.8) is 0 Å². The average molecular weight is 358 g/mol. The molecule has 2 aromatic heterocycles. The van der Waals surface area contributed by atoms with Gasteiger partial charge in [0.05, 0.1) is 28.8 Å². The van der Waals surface area contributed by atoms with Crippen molar-refractivity contribution in [2.75, 3.05) is 18.0 Å². The van der Waals surface area contributed by atoms with E-state index in [1.54, 1.807) is 6.20 Å². The summed E-state index contributed by atoms with van der Waals surface area (Å²) in [4.78, 5) is 11.8. The maximum Gasteiger partial charge on any atom is 0.206 e. The fourth-order valence-electron chi connectivity index (χ4n) is 4.68. The summed E-state index contributed by atoms with van der Waals surface area (Å²) >= 11 is 0. The summed E-state index contributed by atoms with van der Waals surface area (Å²) in [7, 11) is 0. The topological polar surface area (TPSA) is 83.8 Å². The van der Waals surface area contributed by atoms with Crippen LogP contribution in [0.5, 0.6) is 0 Å². The first-order chi connectivity index (χ1) is 13.2. The van der Waals surface area contributed by atoms with Gasteiger partial charge >= 0.3 is 0 Å². The Morgan fingerprint density at radius 2 is 2.04 bits per heavy atom. The SMILES string of the molecule is N#Cc1ccc(Cn2c(N3C[C@H]4CC[C@H](N)[C@H]4C3)nc3ccccc32)nc1. The molecule has 1 aromatic carbocycles. The smallest absolute Gasteiger partial charge is 0.206 e. The predicted molar refractivity (Wildman–Crippen MR) is 104 cm³/mol. The molecular weight excluding hydrogens is 336 g/mol. The normalized spacial score (nSPS) is 24.3. The lowest BCUT2D eigenvalue weighted by molar-refractivity contribution is 0.453. The van der Waals surface area contributed by atoms with Crippen LogP contribution in [0.15, 0.2) is 42.6 Å². The molecule has 0 bridgehead atoms. The highest BCUT2D eigenvalue weighted by Crippen LogP contribution is 2.39. The Morgan fingerprint density at radius 1 is 1.15 bits per heavy atom. The van der Waals surface area contributed by atoms with Gasteiger partial charge in [-0.3, -0.25) is 4.98 Å². The fraction of sp³-hybridized carbons (Fsp3) is 0.381. The molecule has 1 aliphatic carbocycles. The summed E-state index contributed by atoms with van der Waals surface area (Å²) in [6.07, 6.45) is 4.00. The average Bonchev–Trinajstić information content (AvgIpc) is 3.37. The van der Waals surface area contributed by atoms with E-state index >= 15 is 0 Å². The molecule has 0 radical (unpaired) electrons. The lowest BCUT2D eigenvalue weighted by Crippen LogP contribution is -2.31. The zero-order valence-corrected chi connectivity index (χ0v) is 15.1. The van der Waals surface area contributed by atoms with Crippen LogP contribution in [0.1, 0.15) is 24.1 Å². The third-order valence-corrected chi connectivity index (χ3v) is 6.10. The van der Waals surface area contributed by atoms with Crippen molar-refractivity contribution in [2.45, 2.75) is 25.4 Å². The number of hydrogen-bond acceptors (Lipinski definition) is 5. The van der Waals surface area contributed by atoms with Crippen LogP contribution < -0.4 is 10.6 Å². The van der Waals surface area contributed by atoms with Gasteiger partial charge in [0.15, 0.2) is 0 Å². The van der Waals surface area contributed by atoms with Crippen LogP contribution in [0.4, 0.5) is 5.95 Å². The van der Waals surface area contributed by atoms with E-state index in [2.05, 4.69) is 32.7 Å². The number of imidazole rings is 1. The van der Waals surface area contributed by atoms with Crippen LogP contribution in [-0.4, -0.2) is 33.7 Å². The molecule has 0 spiro atoms. The molecule has 0 amide bonds. The Balaban J connectivity index is 1.52. The Labute approximate surface area is 158 Å². The van der Waals surface area contributed by atoms with Gasteiger partial charge in [-0.25, -0.2) is 4.98 Å². The van der Waals surface area contributed by atoms with Gasteiger partial charge in [0.25, 0.3) is 0 Å². The van der Waals surface area contributed by atoms with Gasteiger partial charge in [0, 0.05) is 25.3 Å². The predicted octanol–water partition coefficient (Wildman–Crippen LogP) is 2.52. The molecule has 2 aliphatic rings. The van der Waals surface area contributed by atoms with E-state index in [1.165, 1.54) is 6.42 Å². The molecule has 5 rings (SSSR count). The number of hydrogen-bond donors (Lipinski definition) is 1. The molecule has 3 heterocycles. The third kappa shape index (κ3) is 2.75. The number of benzene rings is 1. The lowest BCUT2D eigenvalue weighted by atomic mass is 9.98. The van der Waals surface area contributed by atoms with Crippen molar-refractivity contribution >= 4 is 17.0 Å². The Hall–Kier alpha value is -2.91. The van der Waals surface area contributed by atoms with Gasteiger partial charge < -0.3 is 15.2 Å².